The van der Waals surface area contributed by atoms with Crippen LogP contribution in [0.2, 0.25) is 0 Å². The van der Waals surface area contributed by atoms with Gasteiger partial charge in [-0.3, -0.25) is 0 Å². The second-order valence-electron chi connectivity index (χ2n) is 4.86. The third-order valence-corrected chi connectivity index (χ3v) is 3.67. The molecule has 2 atom stereocenters. The van der Waals surface area contributed by atoms with Crippen LogP contribution in [0.1, 0.15) is 39.0 Å². The summed E-state index contributed by atoms with van der Waals surface area (Å²) in [6, 6.07) is 0.483. The molecule has 0 aromatic rings. The summed E-state index contributed by atoms with van der Waals surface area (Å²) in [4.78, 5) is 0. The first kappa shape index (κ1) is 11.1. The molecule has 1 nitrogen and oxygen atoms in total. The van der Waals surface area contributed by atoms with Gasteiger partial charge in [-0.15, -0.1) is 0 Å². The Labute approximate surface area is 89.9 Å². The van der Waals surface area contributed by atoms with E-state index in [0.717, 1.165) is 19.9 Å². The zero-order valence-corrected chi connectivity index (χ0v) is 9.23. The highest BCUT2D eigenvalue weighted by Crippen LogP contribution is 2.37. The molecule has 0 amide bonds. The Kier molecular flexibility index (Phi) is 3.10. The highest BCUT2D eigenvalue weighted by Gasteiger charge is 2.35. The first-order valence-electron chi connectivity index (χ1n) is 5.87. The molecular formula is C12H19F2N. The van der Waals surface area contributed by atoms with Gasteiger partial charge in [0.1, 0.15) is 0 Å². The number of hydrogen-bond donors (Lipinski definition) is 1. The molecule has 0 aromatic carbocycles. The highest BCUT2D eigenvalue weighted by atomic mass is 19.3. The Balaban J connectivity index is 1.94. The number of rotatable bonds is 2. The van der Waals surface area contributed by atoms with Crippen molar-refractivity contribution in [3.05, 3.63) is 11.6 Å². The molecule has 1 aliphatic heterocycles. The van der Waals surface area contributed by atoms with Crippen molar-refractivity contribution in [2.45, 2.75) is 51.0 Å². The molecule has 0 saturated carbocycles. The molecule has 15 heavy (non-hydrogen) atoms. The van der Waals surface area contributed by atoms with E-state index in [1.807, 2.05) is 0 Å². The lowest BCUT2D eigenvalue weighted by Crippen LogP contribution is -2.30. The first-order valence-corrected chi connectivity index (χ1v) is 5.87. The van der Waals surface area contributed by atoms with Crippen LogP contribution in [0.3, 0.4) is 0 Å². The van der Waals surface area contributed by atoms with Gasteiger partial charge in [0.25, 0.3) is 0 Å². The van der Waals surface area contributed by atoms with Crippen LogP contribution in [0.15, 0.2) is 11.6 Å². The van der Waals surface area contributed by atoms with Crippen molar-refractivity contribution < 1.29 is 8.78 Å². The largest absolute Gasteiger partial charge is 0.310 e. The maximum atomic E-state index is 13.1. The first-order chi connectivity index (χ1) is 7.07. The normalized spacial score (nSPS) is 32.9. The predicted octanol–water partition coefficient (Wildman–Crippen LogP) is 3.12. The van der Waals surface area contributed by atoms with Gasteiger partial charge in [-0.25, -0.2) is 8.78 Å². The number of nitrogens with one attached hydrogen (secondary N) is 1. The summed E-state index contributed by atoms with van der Waals surface area (Å²) in [6.07, 6.45) is 6.50. The summed E-state index contributed by atoms with van der Waals surface area (Å²) in [7, 11) is 0. The smallest absolute Gasteiger partial charge is 0.248 e. The SMILES string of the molecule is CC(F)(F)C1CC=C([C@H]2CCCN2)CC1. The van der Waals surface area contributed by atoms with Crippen molar-refractivity contribution in [3.8, 4) is 0 Å². The van der Waals surface area contributed by atoms with Crippen LogP contribution in [0, 0.1) is 5.92 Å². The van der Waals surface area contributed by atoms with Crippen LogP contribution in [0.5, 0.6) is 0 Å². The Morgan fingerprint density at radius 2 is 2.20 bits per heavy atom. The van der Waals surface area contributed by atoms with Crippen LogP contribution in [0.4, 0.5) is 8.78 Å². The number of hydrogen-bond acceptors (Lipinski definition) is 1. The molecule has 0 bridgehead atoms. The molecule has 0 aromatic heterocycles. The van der Waals surface area contributed by atoms with Gasteiger partial charge in [0.15, 0.2) is 0 Å². The van der Waals surface area contributed by atoms with E-state index in [1.165, 1.54) is 18.4 Å². The highest BCUT2D eigenvalue weighted by molar-refractivity contribution is 5.16. The van der Waals surface area contributed by atoms with Gasteiger partial charge in [0.05, 0.1) is 0 Å². The van der Waals surface area contributed by atoms with Gasteiger partial charge in [0.2, 0.25) is 5.92 Å². The quantitative estimate of drug-likeness (QED) is 0.698. The summed E-state index contributed by atoms with van der Waals surface area (Å²) in [5, 5.41) is 3.42. The predicted molar refractivity (Wildman–Crippen MR) is 57.1 cm³/mol. The van der Waals surface area contributed by atoms with Gasteiger partial charge in [-0.1, -0.05) is 11.6 Å². The summed E-state index contributed by atoms with van der Waals surface area (Å²) in [5.41, 5.74) is 1.37. The lowest BCUT2D eigenvalue weighted by Gasteiger charge is -2.28. The summed E-state index contributed by atoms with van der Waals surface area (Å²) >= 11 is 0. The Morgan fingerprint density at radius 1 is 1.40 bits per heavy atom. The Bertz CT molecular complexity index is 249. The van der Waals surface area contributed by atoms with E-state index >= 15 is 0 Å². The minimum Gasteiger partial charge on any atom is -0.310 e. The van der Waals surface area contributed by atoms with E-state index in [2.05, 4.69) is 11.4 Å². The average Bonchev–Trinajstić information content (AvgIpc) is 2.69. The van der Waals surface area contributed by atoms with Gasteiger partial charge in [0, 0.05) is 12.0 Å². The zero-order valence-electron chi connectivity index (χ0n) is 9.23. The Morgan fingerprint density at radius 3 is 2.67 bits per heavy atom. The fourth-order valence-electron chi connectivity index (χ4n) is 2.63. The molecule has 1 saturated heterocycles. The third-order valence-electron chi connectivity index (χ3n) is 3.67. The molecule has 3 heteroatoms. The third kappa shape index (κ3) is 2.57. The second kappa shape index (κ2) is 4.20. The average molecular weight is 215 g/mol. The van der Waals surface area contributed by atoms with E-state index in [4.69, 9.17) is 0 Å². The maximum absolute atomic E-state index is 13.1. The summed E-state index contributed by atoms with van der Waals surface area (Å²) in [6.45, 7) is 2.12. The molecule has 86 valence electrons. The molecule has 0 spiro atoms. The van der Waals surface area contributed by atoms with Crippen molar-refractivity contribution in [2.75, 3.05) is 6.54 Å². The minimum atomic E-state index is -2.51. The molecule has 1 fully saturated rings. The van der Waals surface area contributed by atoms with Crippen LogP contribution < -0.4 is 5.32 Å². The van der Waals surface area contributed by atoms with E-state index in [9.17, 15) is 8.78 Å². The van der Waals surface area contributed by atoms with Crippen molar-refractivity contribution in [2.24, 2.45) is 5.92 Å². The van der Waals surface area contributed by atoms with E-state index in [0.29, 0.717) is 18.9 Å². The fourth-order valence-corrected chi connectivity index (χ4v) is 2.63. The number of allylic oxidation sites excluding steroid dienone is 1. The van der Waals surface area contributed by atoms with E-state index in [-0.39, 0.29) is 0 Å². The molecule has 0 radical (unpaired) electrons. The van der Waals surface area contributed by atoms with Crippen molar-refractivity contribution in [1.29, 1.82) is 0 Å². The van der Waals surface area contributed by atoms with Crippen molar-refractivity contribution >= 4 is 0 Å². The monoisotopic (exact) mass is 215 g/mol. The standard InChI is InChI=1S/C12H19F2N/c1-12(13,14)10-6-4-9(5-7-10)11-3-2-8-15-11/h4,10-11,15H,2-3,5-8H2,1H3/t10?,11-/m1/s1. The molecule has 2 aliphatic rings. The fraction of sp³-hybridized carbons (Fsp3) is 0.833. The van der Waals surface area contributed by atoms with Crippen LogP contribution in [0.25, 0.3) is 0 Å². The van der Waals surface area contributed by atoms with Gasteiger partial charge < -0.3 is 5.32 Å². The zero-order chi connectivity index (χ0) is 10.9. The molecule has 1 aliphatic carbocycles. The van der Waals surface area contributed by atoms with Gasteiger partial charge in [-0.05, 0) is 45.6 Å². The van der Waals surface area contributed by atoms with Gasteiger partial charge >= 0.3 is 0 Å². The summed E-state index contributed by atoms with van der Waals surface area (Å²) < 4.78 is 26.1. The van der Waals surface area contributed by atoms with Gasteiger partial charge in [-0.2, -0.15) is 0 Å². The lowest BCUT2D eigenvalue weighted by molar-refractivity contribution is -0.0433. The maximum Gasteiger partial charge on any atom is 0.248 e. The second-order valence-corrected chi connectivity index (χ2v) is 4.86. The molecule has 2 rings (SSSR count). The topological polar surface area (TPSA) is 12.0 Å². The molecular weight excluding hydrogens is 196 g/mol. The van der Waals surface area contributed by atoms with Crippen LogP contribution in [-0.2, 0) is 0 Å². The van der Waals surface area contributed by atoms with Crippen molar-refractivity contribution in [1.82, 2.24) is 5.32 Å². The lowest BCUT2D eigenvalue weighted by atomic mass is 9.83. The number of alkyl halides is 2. The van der Waals surface area contributed by atoms with E-state index in [1.54, 1.807) is 0 Å². The van der Waals surface area contributed by atoms with Crippen molar-refractivity contribution in [3.63, 3.8) is 0 Å². The molecule has 1 N–H and O–H groups in total. The minimum absolute atomic E-state index is 0.442. The molecule has 1 unspecified atom stereocenters. The van der Waals surface area contributed by atoms with Crippen LogP contribution >= 0.6 is 0 Å². The number of halogens is 2. The van der Waals surface area contributed by atoms with E-state index < -0.39 is 11.8 Å². The summed E-state index contributed by atoms with van der Waals surface area (Å²) in [5.74, 6) is -2.95. The Hall–Kier alpha value is -0.440. The molecule has 1 heterocycles. The van der Waals surface area contributed by atoms with Crippen LogP contribution in [-0.4, -0.2) is 18.5 Å².